The normalized spacial score (nSPS) is 17.3. The molecule has 5 rings (SSSR count). The highest BCUT2D eigenvalue weighted by Crippen LogP contribution is 2.32. The van der Waals surface area contributed by atoms with Gasteiger partial charge in [0.25, 0.3) is 0 Å². The van der Waals surface area contributed by atoms with Gasteiger partial charge in [-0.2, -0.15) is 14.6 Å². The molecule has 0 bridgehead atoms. The average Bonchev–Trinajstić information content (AvgIpc) is 3.36. The van der Waals surface area contributed by atoms with Crippen LogP contribution < -0.4 is 11.1 Å². The Balaban J connectivity index is 1.70. The van der Waals surface area contributed by atoms with Gasteiger partial charge in [0.05, 0.1) is 23.9 Å². The number of nitrogens with zero attached hydrogens (tertiary/aromatic N) is 4. The number of H-pyrrole nitrogens is 1. The quantitative estimate of drug-likeness (QED) is 0.524. The molecule has 1 aromatic carbocycles. The van der Waals surface area contributed by atoms with Crippen LogP contribution in [0, 0.1) is 6.92 Å². The summed E-state index contributed by atoms with van der Waals surface area (Å²) in [6.45, 7) is 3.45. The molecule has 4 aromatic rings. The summed E-state index contributed by atoms with van der Waals surface area (Å²) in [6, 6.07) is 10.5. The van der Waals surface area contributed by atoms with Gasteiger partial charge in [0, 0.05) is 17.6 Å². The van der Waals surface area contributed by atoms with Gasteiger partial charge in [-0.3, -0.25) is 5.10 Å². The maximum absolute atomic E-state index is 5.83. The molecule has 0 saturated carbocycles. The van der Waals surface area contributed by atoms with E-state index in [0.717, 1.165) is 46.6 Å². The lowest BCUT2D eigenvalue weighted by molar-refractivity contribution is 0.195. The van der Waals surface area contributed by atoms with Crippen LogP contribution in [0.2, 0.25) is 0 Å². The molecule has 4 N–H and O–H groups in total. The number of aromatic nitrogens is 5. The van der Waals surface area contributed by atoms with Crippen molar-refractivity contribution in [3.63, 3.8) is 0 Å². The van der Waals surface area contributed by atoms with Gasteiger partial charge in [0.1, 0.15) is 5.82 Å². The second-order valence-corrected chi connectivity index (χ2v) is 6.61. The summed E-state index contributed by atoms with van der Waals surface area (Å²) in [4.78, 5) is 4.28. The van der Waals surface area contributed by atoms with Crippen LogP contribution in [0.25, 0.3) is 27.7 Å². The first-order valence-corrected chi connectivity index (χ1v) is 8.64. The number of nitrogens with two attached hydrogens (primary N) is 1. The molecule has 4 heterocycles. The third kappa shape index (κ3) is 2.38. The van der Waals surface area contributed by atoms with Gasteiger partial charge in [-0.05, 0) is 43.2 Å². The van der Waals surface area contributed by atoms with E-state index < -0.39 is 0 Å². The minimum absolute atomic E-state index is 0.240. The van der Waals surface area contributed by atoms with E-state index >= 15 is 0 Å². The van der Waals surface area contributed by atoms with Gasteiger partial charge < -0.3 is 15.8 Å². The molecule has 1 fully saturated rings. The van der Waals surface area contributed by atoms with Crippen molar-refractivity contribution in [3.05, 3.63) is 36.0 Å². The largest absolute Gasteiger partial charge is 0.379 e. The standard InChI is InChI=1S/C18H19N7O/c1-10-14-8-11(2-4-15(14)23-22-10)13-3-5-16-21-18(19)24-25(16)17(13)20-12-6-7-26-9-12/h2-5,8,12,20H,6-7,9H2,1H3,(H2,19,24)(H,22,23). The number of fused-ring (bicyclic) bond motifs is 2. The highest BCUT2D eigenvalue weighted by Gasteiger charge is 2.20. The SMILES string of the molecule is Cc1n[nH]c2ccc(-c3ccc4nc(N)nn4c3NC3CCOC3)cc12. The summed E-state index contributed by atoms with van der Waals surface area (Å²) >= 11 is 0. The number of rotatable bonds is 3. The molecule has 3 aromatic heterocycles. The zero-order valence-electron chi connectivity index (χ0n) is 14.4. The molecule has 8 heteroatoms. The van der Waals surface area contributed by atoms with E-state index in [-0.39, 0.29) is 12.0 Å². The number of pyridine rings is 1. The molecular weight excluding hydrogens is 330 g/mol. The summed E-state index contributed by atoms with van der Waals surface area (Å²) in [5.41, 5.74) is 10.7. The molecule has 1 aliphatic heterocycles. The Labute approximate surface area is 149 Å². The van der Waals surface area contributed by atoms with E-state index in [9.17, 15) is 0 Å². The van der Waals surface area contributed by atoms with E-state index in [4.69, 9.17) is 10.5 Å². The van der Waals surface area contributed by atoms with Gasteiger partial charge in [0.2, 0.25) is 5.95 Å². The predicted molar refractivity (Wildman–Crippen MR) is 100 cm³/mol. The van der Waals surface area contributed by atoms with E-state index in [2.05, 4.69) is 43.8 Å². The van der Waals surface area contributed by atoms with Crippen molar-refractivity contribution in [1.82, 2.24) is 24.8 Å². The van der Waals surface area contributed by atoms with E-state index in [1.807, 2.05) is 19.1 Å². The van der Waals surface area contributed by atoms with Crippen molar-refractivity contribution in [2.24, 2.45) is 0 Å². The van der Waals surface area contributed by atoms with Crippen LogP contribution >= 0.6 is 0 Å². The minimum atomic E-state index is 0.240. The summed E-state index contributed by atoms with van der Waals surface area (Å²) in [7, 11) is 0. The molecule has 1 aliphatic rings. The molecule has 1 unspecified atom stereocenters. The highest BCUT2D eigenvalue weighted by molar-refractivity contribution is 5.89. The lowest BCUT2D eigenvalue weighted by Gasteiger charge is -2.17. The minimum Gasteiger partial charge on any atom is -0.379 e. The number of aromatic amines is 1. The molecule has 0 amide bonds. The number of hydrogen-bond acceptors (Lipinski definition) is 6. The van der Waals surface area contributed by atoms with Crippen LogP contribution in [-0.4, -0.2) is 44.1 Å². The fraction of sp³-hybridized carbons (Fsp3) is 0.278. The molecule has 1 atom stereocenters. The fourth-order valence-electron chi connectivity index (χ4n) is 3.49. The van der Waals surface area contributed by atoms with E-state index in [0.29, 0.717) is 12.3 Å². The van der Waals surface area contributed by atoms with Crippen LogP contribution in [0.15, 0.2) is 30.3 Å². The Morgan fingerprint density at radius 1 is 1.31 bits per heavy atom. The van der Waals surface area contributed by atoms with Gasteiger partial charge in [-0.15, -0.1) is 5.10 Å². The smallest absolute Gasteiger partial charge is 0.240 e. The molecule has 8 nitrogen and oxygen atoms in total. The third-order valence-corrected chi connectivity index (χ3v) is 4.85. The van der Waals surface area contributed by atoms with Crippen LogP contribution in [0.3, 0.4) is 0 Å². The molecule has 0 radical (unpaired) electrons. The van der Waals surface area contributed by atoms with Crippen LogP contribution in [0.1, 0.15) is 12.1 Å². The van der Waals surface area contributed by atoms with Crippen LogP contribution in [-0.2, 0) is 4.74 Å². The molecule has 0 spiro atoms. The van der Waals surface area contributed by atoms with Crippen molar-refractivity contribution >= 4 is 28.3 Å². The first kappa shape index (κ1) is 15.2. The van der Waals surface area contributed by atoms with Crippen molar-refractivity contribution in [1.29, 1.82) is 0 Å². The lowest BCUT2D eigenvalue weighted by atomic mass is 10.0. The molecular formula is C18H19N7O. The summed E-state index contributed by atoms with van der Waals surface area (Å²) in [5.74, 6) is 1.14. The van der Waals surface area contributed by atoms with Gasteiger partial charge in [-0.25, -0.2) is 0 Å². The number of nitrogen functional groups attached to an aromatic ring is 1. The topological polar surface area (TPSA) is 106 Å². The number of nitrogens with one attached hydrogen (secondary N) is 2. The van der Waals surface area contributed by atoms with Crippen molar-refractivity contribution in [3.8, 4) is 11.1 Å². The Morgan fingerprint density at radius 2 is 2.23 bits per heavy atom. The third-order valence-electron chi connectivity index (χ3n) is 4.85. The van der Waals surface area contributed by atoms with Gasteiger partial charge in [0.15, 0.2) is 5.65 Å². The fourth-order valence-corrected chi connectivity index (χ4v) is 3.49. The Morgan fingerprint density at radius 3 is 3.08 bits per heavy atom. The second-order valence-electron chi connectivity index (χ2n) is 6.61. The van der Waals surface area contributed by atoms with Crippen molar-refractivity contribution in [2.45, 2.75) is 19.4 Å². The van der Waals surface area contributed by atoms with Gasteiger partial charge in [-0.1, -0.05) is 6.07 Å². The highest BCUT2D eigenvalue weighted by atomic mass is 16.5. The van der Waals surface area contributed by atoms with Gasteiger partial charge >= 0.3 is 0 Å². The lowest BCUT2D eigenvalue weighted by Crippen LogP contribution is -2.21. The van der Waals surface area contributed by atoms with Crippen molar-refractivity contribution in [2.75, 3.05) is 24.3 Å². The first-order valence-electron chi connectivity index (χ1n) is 8.64. The molecule has 1 saturated heterocycles. The zero-order valence-corrected chi connectivity index (χ0v) is 14.4. The monoisotopic (exact) mass is 349 g/mol. The summed E-state index contributed by atoms with van der Waals surface area (Å²) in [5, 5.41) is 16.4. The Kier molecular flexibility index (Phi) is 3.32. The molecule has 26 heavy (non-hydrogen) atoms. The first-order chi connectivity index (χ1) is 12.7. The molecule has 132 valence electrons. The van der Waals surface area contributed by atoms with E-state index in [1.54, 1.807) is 4.52 Å². The maximum atomic E-state index is 5.83. The van der Waals surface area contributed by atoms with Crippen LogP contribution in [0.5, 0.6) is 0 Å². The molecule has 0 aliphatic carbocycles. The number of hydrogen-bond donors (Lipinski definition) is 3. The number of ether oxygens (including phenoxy) is 1. The van der Waals surface area contributed by atoms with Crippen molar-refractivity contribution < 1.29 is 4.74 Å². The number of benzene rings is 1. The zero-order chi connectivity index (χ0) is 17.7. The maximum Gasteiger partial charge on any atom is 0.240 e. The van der Waals surface area contributed by atoms with Crippen LogP contribution in [0.4, 0.5) is 11.8 Å². The Hall–Kier alpha value is -3.13. The van der Waals surface area contributed by atoms with E-state index in [1.165, 1.54) is 0 Å². The second kappa shape index (κ2) is 5.70. The summed E-state index contributed by atoms with van der Waals surface area (Å²) < 4.78 is 7.28. The predicted octanol–water partition coefficient (Wildman–Crippen LogP) is 2.36. The summed E-state index contributed by atoms with van der Waals surface area (Å²) in [6.07, 6.45) is 0.958. The average molecular weight is 349 g/mol. The number of aryl methyl sites for hydroxylation is 1. The number of anilines is 2. The Bertz CT molecular complexity index is 1110.